The maximum absolute atomic E-state index is 9.49. The molecule has 2 rings (SSSR count). The predicted molar refractivity (Wildman–Crippen MR) is 85.5 cm³/mol. The summed E-state index contributed by atoms with van der Waals surface area (Å²) in [6, 6.07) is 15.4. The molecule has 0 spiro atoms. The molecule has 0 unspecified atom stereocenters. The molecule has 2 nitrogen and oxygen atoms in total. The molecule has 19 heavy (non-hydrogen) atoms. The Morgan fingerprint density at radius 1 is 1.21 bits per heavy atom. The maximum Gasteiger partial charge on any atom is 0.128 e. The molecule has 0 aromatic heterocycles. The van der Waals surface area contributed by atoms with Crippen molar-refractivity contribution in [2.75, 3.05) is 0 Å². The van der Waals surface area contributed by atoms with Crippen molar-refractivity contribution in [3.63, 3.8) is 0 Å². The number of aryl methyl sites for hydroxylation is 1. The fraction of sp³-hybridized carbons (Fsp3) is 0.0625. The zero-order valence-corrected chi connectivity index (χ0v) is 12.5. The van der Waals surface area contributed by atoms with Crippen LogP contribution in [-0.2, 0) is 0 Å². The minimum atomic E-state index is 0.256. The second kappa shape index (κ2) is 5.89. The molecule has 0 bridgehead atoms. The van der Waals surface area contributed by atoms with E-state index >= 15 is 0 Å². The second-order valence-corrected chi connectivity index (χ2v) is 5.41. The van der Waals surface area contributed by atoms with Crippen molar-refractivity contribution in [2.45, 2.75) is 6.92 Å². The molecule has 0 aliphatic heterocycles. The van der Waals surface area contributed by atoms with Crippen molar-refractivity contribution in [3.8, 4) is 11.8 Å². The van der Waals surface area contributed by atoms with Crippen LogP contribution in [0.2, 0.25) is 0 Å². The van der Waals surface area contributed by atoms with Gasteiger partial charge in [0.2, 0.25) is 0 Å². The molecule has 0 fully saturated rings. The zero-order chi connectivity index (χ0) is 13.8. The van der Waals surface area contributed by atoms with E-state index in [1.807, 2.05) is 43.3 Å². The first kappa shape index (κ1) is 13.6. The molecule has 2 aromatic carbocycles. The van der Waals surface area contributed by atoms with Gasteiger partial charge in [-0.2, -0.15) is 5.26 Å². The summed E-state index contributed by atoms with van der Waals surface area (Å²) >= 11 is 2.07. The van der Waals surface area contributed by atoms with Gasteiger partial charge in [-0.1, -0.05) is 35.9 Å². The minimum Gasteiger partial charge on any atom is -0.507 e. The van der Waals surface area contributed by atoms with Crippen LogP contribution < -0.4 is 0 Å². The van der Waals surface area contributed by atoms with Gasteiger partial charge in [0.1, 0.15) is 5.75 Å². The first-order valence-electron chi connectivity index (χ1n) is 5.77. The van der Waals surface area contributed by atoms with Gasteiger partial charge < -0.3 is 5.11 Å². The Hall–Kier alpha value is -1.80. The molecule has 94 valence electrons. The lowest BCUT2D eigenvalue weighted by molar-refractivity contribution is 0.471. The summed E-state index contributed by atoms with van der Waals surface area (Å²) in [5, 5.41) is 18.8. The Kier molecular flexibility index (Phi) is 4.23. The molecule has 2 aromatic rings. The highest BCUT2D eigenvalue weighted by Crippen LogP contribution is 2.23. The molecular weight excluding hydrogens is 349 g/mol. The lowest BCUT2D eigenvalue weighted by Gasteiger charge is -2.02. The normalized spacial score (nSPS) is 11.1. The summed E-state index contributed by atoms with van der Waals surface area (Å²) in [5.41, 5.74) is 3.58. The number of benzene rings is 2. The summed E-state index contributed by atoms with van der Waals surface area (Å²) in [7, 11) is 0. The average molecular weight is 361 g/mol. The highest BCUT2D eigenvalue weighted by molar-refractivity contribution is 14.1. The molecule has 0 saturated heterocycles. The summed E-state index contributed by atoms with van der Waals surface area (Å²) in [5.74, 6) is 0.256. The SMILES string of the molecule is Cc1ccc(/C(C#N)=C\c2ccc(O)c(I)c2)cc1. The van der Waals surface area contributed by atoms with E-state index < -0.39 is 0 Å². The van der Waals surface area contributed by atoms with Gasteiger partial charge in [0.05, 0.1) is 15.2 Å². The van der Waals surface area contributed by atoms with Gasteiger partial charge >= 0.3 is 0 Å². The number of phenolic OH excluding ortho intramolecular Hbond substituents is 1. The Labute approximate surface area is 126 Å². The zero-order valence-electron chi connectivity index (χ0n) is 10.4. The highest BCUT2D eigenvalue weighted by atomic mass is 127. The molecule has 0 aliphatic carbocycles. The second-order valence-electron chi connectivity index (χ2n) is 4.25. The number of allylic oxidation sites excluding steroid dienone is 1. The third kappa shape index (κ3) is 3.36. The number of halogens is 1. The first-order valence-corrected chi connectivity index (χ1v) is 6.85. The smallest absolute Gasteiger partial charge is 0.128 e. The van der Waals surface area contributed by atoms with Gasteiger partial charge in [-0.15, -0.1) is 0 Å². The van der Waals surface area contributed by atoms with Gasteiger partial charge in [0, 0.05) is 0 Å². The lowest BCUT2D eigenvalue weighted by Crippen LogP contribution is -1.83. The fourth-order valence-corrected chi connectivity index (χ4v) is 2.23. The molecule has 0 amide bonds. The van der Waals surface area contributed by atoms with Crippen LogP contribution >= 0.6 is 22.6 Å². The Balaban J connectivity index is 2.41. The van der Waals surface area contributed by atoms with Gasteiger partial charge in [-0.3, -0.25) is 0 Å². The lowest BCUT2D eigenvalue weighted by atomic mass is 10.0. The standard InChI is InChI=1S/C16H12INO/c1-11-2-5-13(6-3-11)14(10-18)8-12-4-7-16(19)15(17)9-12/h2-9,19H,1H3/b14-8-. The third-order valence-corrected chi connectivity index (χ3v) is 3.63. The van der Waals surface area contributed by atoms with Gasteiger partial charge in [0.15, 0.2) is 0 Å². The van der Waals surface area contributed by atoms with Crippen molar-refractivity contribution in [1.29, 1.82) is 5.26 Å². The Bertz CT molecular complexity index is 666. The molecular formula is C16H12INO. The number of nitriles is 1. The van der Waals surface area contributed by atoms with E-state index in [1.165, 1.54) is 5.56 Å². The van der Waals surface area contributed by atoms with Crippen molar-refractivity contribution >= 4 is 34.2 Å². The monoisotopic (exact) mass is 361 g/mol. The third-order valence-electron chi connectivity index (χ3n) is 2.77. The van der Waals surface area contributed by atoms with Crippen molar-refractivity contribution < 1.29 is 5.11 Å². The van der Waals surface area contributed by atoms with E-state index in [4.69, 9.17) is 0 Å². The topological polar surface area (TPSA) is 44.0 Å². The van der Waals surface area contributed by atoms with Gasteiger partial charge in [-0.05, 0) is 58.9 Å². The Morgan fingerprint density at radius 2 is 1.89 bits per heavy atom. The molecule has 0 radical (unpaired) electrons. The van der Waals surface area contributed by atoms with Crippen LogP contribution in [0.5, 0.6) is 5.75 Å². The van der Waals surface area contributed by atoms with E-state index in [2.05, 4.69) is 28.7 Å². The number of aromatic hydroxyl groups is 1. The largest absolute Gasteiger partial charge is 0.507 e. The maximum atomic E-state index is 9.49. The number of hydrogen-bond donors (Lipinski definition) is 1. The summed E-state index contributed by atoms with van der Waals surface area (Å²) in [6.45, 7) is 2.02. The van der Waals surface area contributed by atoms with Gasteiger partial charge in [-0.25, -0.2) is 0 Å². The quantitative estimate of drug-likeness (QED) is 0.491. The van der Waals surface area contributed by atoms with Crippen LogP contribution in [0.4, 0.5) is 0 Å². The van der Waals surface area contributed by atoms with Crippen LogP contribution in [-0.4, -0.2) is 5.11 Å². The van der Waals surface area contributed by atoms with E-state index in [9.17, 15) is 10.4 Å². The predicted octanol–water partition coefficient (Wildman–Crippen LogP) is 4.37. The van der Waals surface area contributed by atoms with Crippen LogP contribution in [0.15, 0.2) is 42.5 Å². The van der Waals surface area contributed by atoms with Crippen molar-refractivity contribution in [3.05, 3.63) is 62.7 Å². The van der Waals surface area contributed by atoms with E-state index in [-0.39, 0.29) is 5.75 Å². The highest BCUT2D eigenvalue weighted by Gasteiger charge is 2.02. The van der Waals surface area contributed by atoms with Crippen LogP contribution in [0, 0.1) is 21.8 Å². The molecule has 0 aliphatic rings. The van der Waals surface area contributed by atoms with E-state index in [0.29, 0.717) is 5.57 Å². The average Bonchev–Trinajstić information content (AvgIpc) is 2.41. The number of rotatable bonds is 2. The van der Waals surface area contributed by atoms with Crippen LogP contribution in [0.3, 0.4) is 0 Å². The minimum absolute atomic E-state index is 0.256. The molecule has 1 N–H and O–H groups in total. The number of hydrogen-bond acceptors (Lipinski definition) is 2. The number of nitrogens with zero attached hydrogens (tertiary/aromatic N) is 1. The van der Waals surface area contributed by atoms with Gasteiger partial charge in [0.25, 0.3) is 0 Å². The Morgan fingerprint density at radius 3 is 2.47 bits per heavy atom. The van der Waals surface area contributed by atoms with E-state index in [0.717, 1.165) is 14.7 Å². The summed E-state index contributed by atoms with van der Waals surface area (Å²) < 4.78 is 0.771. The number of phenols is 1. The van der Waals surface area contributed by atoms with E-state index in [1.54, 1.807) is 12.1 Å². The molecule has 0 atom stereocenters. The fourth-order valence-electron chi connectivity index (χ4n) is 1.69. The first-order chi connectivity index (χ1) is 9.10. The van der Waals surface area contributed by atoms with Crippen LogP contribution in [0.25, 0.3) is 11.6 Å². The summed E-state index contributed by atoms with van der Waals surface area (Å²) in [6.07, 6.45) is 1.83. The van der Waals surface area contributed by atoms with Crippen molar-refractivity contribution in [1.82, 2.24) is 0 Å². The van der Waals surface area contributed by atoms with Crippen molar-refractivity contribution in [2.24, 2.45) is 0 Å². The molecule has 0 heterocycles. The van der Waals surface area contributed by atoms with Crippen LogP contribution in [0.1, 0.15) is 16.7 Å². The molecule has 0 saturated carbocycles. The summed E-state index contributed by atoms with van der Waals surface area (Å²) in [4.78, 5) is 0. The molecule has 3 heteroatoms.